The quantitative estimate of drug-likeness (QED) is 0.850. The van der Waals surface area contributed by atoms with Crippen LogP contribution in [0.5, 0.6) is 0 Å². The number of hydrogen-bond acceptors (Lipinski definition) is 3. The fourth-order valence-electron chi connectivity index (χ4n) is 1.29. The molecule has 1 aromatic rings. The van der Waals surface area contributed by atoms with Crippen LogP contribution in [0.2, 0.25) is 0 Å². The number of rotatable bonds is 5. The van der Waals surface area contributed by atoms with Gasteiger partial charge in [-0.2, -0.15) is 0 Å². The summed E-state index contributed by atoms with van der Waals surface area (Å²) in [7, 11) is 1.22. The number of benzene rings is 1. The molecule has 0 atom stereocenters. The van der Waals surface area contributed by atoms with Crippen LogP contribution in [0.15, 0.2) is 29.3 Å². The maximum Gasteiger partial charge on any atom is 0.340 e. The van der Waals surface area contributed by atoms with E-state index in [0.717, 1.165) is 10.0 Å². The lowest BCUT2D eigenvalue weighted by atomic mass is 10.1. The molecule has 0 spiro atoms. The fourth-order valence-corrected chi connectivity index (χ4v) is 1.48. The molecule has 0 fully saturated rings. The summed E-state index contributed by atoms with van der Waals surface area (Å²) < 4.78 is 18.8. The van der Waals surface area contributed by atoms with Gasteiger partial charge >= 0.3 is 5.97 Å². The number of nitrogens with one attached hydrogen (secondary N) is 1. The molecule has 0 unspecified atom stereocenters. The highest BCUT2D eigenvalue weighted by molar-refractivity contribution is 9.11. The number of ether oxygens (including phenoxy) is 1. The van der Waals surface area contributed by atoms with E-state index in [1.54, 1.807) is 6.07 Å². The van der Waals surface area contributed by atoms with Crippen molar-refractivity contribution in [3.8, 4) is 0 Å². The zero-order chi connectivity index (χ0) is 12.8. The summed E-state index contributed by atoms with van der Waals surface area (Å²) in [4.78, 5) is 11.2. The van der Waals surface area contributed by atoms with Crippen molar-refractivity contribution in [1.82, 2.24) is 5.32 Å². The van der Waals surface area contributed by atoms with Crippen molar-refractivity contribution in [3.63, 3.8) is 0 Å². The monoisotopic (exact) mass is 301 g/mol. The Morgan fingerprint density at radius 3 is 2.82 bits per heavy atom. The first-order chi connectivity index (χ1) is 8.04. The van der Waals surface area contributed by atoms with E-state index >= 15 is 0 Å². The van der Waals surface area contributed by atoms with Crippen LogP contribution in [0.4, 0.5) is 4.39 Å². The number of halogens is 2. The van der Waals surface area contributed by atoms with E-state index in [0.29, 0.717) is 13.1 Å². The molecule has 5 heteroatoms. The summed E-state index contributed by atoms with van der Waals surface area (Å²) in [6.07, 6.45) is 0. The van der Waals surface area contributed by atoms with Gasteiger partial charge in [0, 0.05) is 17.6 Å². The summed E-state index contributed by atoms with van der Waals surface area (Å²) in [5.74, 6) is -1.25. The van der Waals surface area contributed by atoms with Crippen molar-refractivity contribution in [1.29, 1.82) is 0 Å². The maximum atomic E-state index is 13.5. The first kappa shape index (κ1) is 13.9. The normalized spacial score (nSPS) is 10.1. The van der Waals surface area contributed by atoms with Gasteiger partial charge in [-0.3, -0.25) is 0 Å². The van der Waals surface area contributed by atoms with Crippen LogP contribution in [-0.2, 0) is 11.3 Å². The predicted octanol–water partition coefficient (Wildman–Crippen LogP) is 2.61. The Morgan fingerprint density at radius 2 is 2.29 bits per heavy atom. The van der Waals surface area contributed by atoms with Crippen LogP contribution in [-0.4, -0.2) is 19.6 Å². The molecule has 0 aliphatic heterocycles. The number of methoxy groups -OCH3 is 1. The highest BCUT2D eigenvalue weighted by Gasteiger charge is 2.11. The number of carbonyl (C=O) groups excluding carboxylic acids is 1. The van der Waals surface area contributed by atoms with Crippen LogP contribution >= 0.6 is 15.9 Å². The average Bonchev–Trinajstić information content (AvgIpc) is 2.28. The molecule has 0 saturated heterocycles. The third-order valence-corrected chi connectivity index (χ3v) is 2.37. The molecule has 1 rings (SSSR count). The smallest absolute Gasteiger partial charge is 0.340 e. The third-order valence-electron chi connectivity index (χ3n) is 2.08. The van der Waals surface area contributed by atoms with Gasteiger partial charge in [0.05, 0.1) is 12.7 Å². The molecule has 0 aliphatic rings. The molecule has 1 aromatic carbocycles. The van der Waals surface area contributed by atoms with Crippen LogP contribution in [0.1, 0.15) is 15.9 Å². The average molecular weight is 302 g/mol. The van der Waals surface area contributed by atoms with Gasteiger partial charge in [0.25, 0.3) is 0 Å². The van der Waals surface area contributed by atoms with Crippen LogP contribution in [0.3, 0.4) is 0 Å². The Labute approximate surface area is 108 Å². The molecule has 0 saturated carbocycles. The van der Waals surface area contributed by atoms with Crippen molar-refractivity contribution < 1.29 is 13.9 Å². The molecule has 17 heavy (non-hydrogen) atoms. The summed E-state index contributed by atoms with van der Waals surface area (Å²) in [5, 5.41) is 3.06. The Kier molecular flexibility index (Phi) is 5.31. The highest BCUT2D eigenvalue weighted by Crippen LogP contribution is 2.11. The molecule has 3 nitrogen and oxygen atoms in total. The van der Waals surface area contributed by atoms with Crippen LogP contribution in [0, 0.1) is 5.82 Å². The molecule has 0 aliphatic carbocycles. The molecule has 92 valence electrons. The first-order valence-electron chi connectivity index (χ1n) is 4.95. The minimum Gasteiger partial charge on any atom is -0.465 e. The minimum absolute atomic E-state index is 0.0545. The van der Waals surface area contributed by atoms with Gasteiger partial charge in [-0.05, 0) is 17.7 Å². The Hall–Kier alpha value is -1.20. The molecule has 0 heterocycles. The van der Waals surface area contributed by atoms with Gasteiger partial charge in [-0.1, -0.05) is 28.6 Å². The topological polar surface area (TPSA) is 38.3 Å². The maximum absolute atomic E-state index is 13.5. The van der Waals surface area contributed by atoms with Gasteiger partial charge in [-0.25, -0.2) is 9.18 Å². The lowest BCUT2D eigenvalue weighted by molar-refractivity contribution is 0.0595. The van der Waals surface area contributed by atoms with Gasteiger partial charge in [0.15, 0.2) is 0 Å². The first-order valence-corrected chi connectivity index (χ1v) is 5.74. The minimum atomic E-state index is -0.671. The molecular formula is C12H13BrFNO2. The zero-order valence-corrected chi connectivity index (χ0v) is 11.0. The molecule has 0 bridgehead atoms. The molecule has 0 radical (unpaired) electrons. The van der Waals surface area contributed by atoms with Crippen molar-refractivity contribution in [2.45, 2.75) is 6.54 Å². The third kappa shape index (κ3) is 4.28. The number of hydrogen-bond donors (Lipinski definition) is 1. The predicted molar refractivity (Wildman–Crippen MR) is 67.5 cm³/mol. The van der Waals surface area contributed by atoms with Crippen molar-refractivity contribution >= 4 is 21.9 Å². The van der Waals surface area contributed by atoms with E-state index in [4.69, 9.17) is 0 Å². The van der Waals surface area contributed by atoms with Gasteiger partial charge < -0.3 is 10.1 Å². The standard InChI is InChI=1S/C12H13BrFNO2/c1-8(13)6-15-7-9-3-4-10(11(14)5-9)12(16)17-2/h3-5,15H,1,6-7H2,2H3. The second-order valence-electron chi connectivity index (χ2n) is 3.43. The lowest BCUT2D eigenvalue weighted by Crippen LogP contribution is -2.15. The van der Waals surface area contributed by atoms with Gasteiger partial charge in [-0.15, -0.1) is 0 Å². The fraction of sp³-hybridized carbons (Fsp3) is 0.250. The molecule has 0 amide bonds. The van der Waals surface area contributed by atoms with E-state index in [9.17, 15) is 9.18 Å². The van der Waals surface area contributed by atoms with Gasteiger partial charge in [0.2, 0.25) is 0 Å². The highest BCUT2D eigenvalue weighted by atomic mass is 79.9. The van der Waals surface area contributed by atoms with E-state index < -0.39 is 11.8 Å². The van der Waals surface area contributed by atoms with Crippen molar-refractivity contribution in [2.24, 2.45) is 0 Å². The Bertz CT molecular complexity index is 435. The molecule has 0 aromatic heterocycles. The van der Waals surface area contributed by atoms with E-state index in [-0.39, 0.29) is 5.56 Å². The molecule has 1 N–H and O–H groups in total. The summed E-state index contributed by atoms with van der Waals surface area (Å²) in [5.41, 5.74) is 0.699. The SMILES string of the molecule is C=C(Br)CNCc1ccc(C(=O)OC)c(F)c1. The van der Waals surface area contributed by atoms with Crippen molar-refractivity contribution in [3.05, 3.63) is 46.2 Å². The Balaban J connectivity index is 2.68. The van der Waals surface area contributed by atoms with Gasteiger partial charge in [0.1, 0.15) is 5.82 Å². The van der Waals surface area contributed by atoms with E-state index in [2.05, 4.69) is 32.6 Å². The van der Waals surface area contributed by atoms with E-state index in [1.807, 2.05) is 0 Å². The zero-order valence-electron chi connectivity index (χ0n) is 9.43. The largest absolute Gasteiger partial charge is 0.465 e. The molecular weight excluding hydrogens is 289 g/mol. The Morgan fingerprint density at radius 1 is 1.59 bits per heavy atom. The lowest BCUT2D eigenvalue weighted by Gasteiger charge is -2.06. The second kappa shape index (κ2) is 6.51. The van der Waals surface area contributed by atoms with E-state index in [1.165, 1.54) is 19.2 Å². The summed E-state index contributed by atoms with van der Waals surface area (Å²) >= 11 is 3.21. The second-order valence-corrected chi connectivity index (χ2v) is 4.55. The number of esters is 1. The number of carbonyl (C=O) groups is 1. The van der Waals surface area contributed by atoms with Crippen LogP contribution in [0.25, 0.3) is 0 Å². The van der Waals surface area contributed by atoms with Crippen molar-refractivity contribution in [2.75, 3.05) is 13.7 Å². The summed E-state index contributed by atoms with van der Waals surface area (Å²) in [6, 6.07) is 4.41. The van der Waals surface area contributed by atoms with Crippen LogP contribution < -0.4 is 5.32 Å². The summed E-state index contributed by atoms with van der Waals surface area (Å²) in [6.45, 7) is 4.77.